The quantitative estimate of drug-likeness (QED) is 0.391. The van der Waals surface area contributed by atoms with Gasteiger partial charge < -0.3 is 0 Å². The molecule has 2 heterocycles. The zero-order chi connectivity index (χ0) is 24.5. The molecular formula is C25H25ClN2O4S2. The van der Waals surface area contributed by atoms with Crippen LogP contribution in [-0.4, -0.2) is 37.1 Å². The van der Waals surface area contributed by atoms with E-state index >= 15 is 0 Å². The molecule has 1 atom stereocenters. The summed E-state index contributed by atoms with van der Waals surface area (Å²) in [6, 6.07) is 16.4. The van der Waals surface area contributed by atoms with Crippen LogP contribution in [0.1, 0.15) is 37.3 Å². The van der Waals surface area contributed by atoms with Crippen LogP contribution in [0, 0.1) is 0 Å². The molecule has 0 spiro atoms. The van der Waals surface area contributed by atoms with E-state index in [0.29, 0.717) is 23.0 Å². The Morgan fingerprint density at radius 2 is 1.82 bits per heavy atom. The highest BCUT2D eigenvalue weighted by molar-refractivity contribution is 7.91. The predicted molar refractivity (Wildman–Crippen MR) is 135 cm³/mol. The Morgan fingerprint density at radius 3 is 2.44 bits per heavy atom. The van der Waals surface area contributed by atoms with Crippen molar-refractivity contribution in [2.45, 2.75) is 42.9 Å². The van der Waals surface area contributed by atoms with Gasteiger partial charge in [0.2, 0.25) is 5.91 Å². The highest BCUT2D eigenvalue weighted by Gasteiger charge is 2.47. The lowest BCUT2D eigenvalue weighted by molar-refractivity contribution is -0.122. The maximum atomic E-state index is 13.5. The van der Waals surface area contributed by atoms with E-state index in [9.17, 15) is 18.0 Å². The number of carbonyl (C=O) groups excluding carboxylic acids is 2. The fraction of sp³-hybridized carbons (Fsp3) is 0.280. The van der Waals surface area contributed by atoms with Gasteiger partial charge in [-0.2, -0.15) is 4.31 Å². The van der Waals surface area contributed by atoms with Crippen molar-refractivity contribution in [1.82, 2.24) is 4.31 Å². The van der Waals surface area contributed by atoms with Gasteiger partial charge in [-0.3, -0.25) is 9.59 Å². The molecule has 2 aromatic carbocycles. The van der Waals surface area contributed by atoms with Crippen molar-refractivity contribution in [1.29, 1.82) is 0 Å². The first-order chi connectivity index (χ1) is 16.2. The van der Waals surface area contributed by atoms with E-state index in [1.165, 1.54) is 10.4 Å². The Labute approximate surface area is 208 Å². The van der Waals surface area contributed by atoms with Gasteiger partial charge in [0.05, 0.1) is 12.1 Å². The number of imide groups is 1. The lowest BCUT2D eigenvalue weighted by atomic mass is 10.0. The van der Waals surface area contributed by atoms with Crippen LogP contribution in [0.5, 0.6) is 0 Å². The summed E-state index contributed by atoms with van der Waals surface area (Å²) in [5.41, 5.74) is 2.38. The Morgan fingerprint density at radius 1 is 1.09 bits per heavy atom. The van der Waals surface area contributed by atoms with Crippen LogP contribution >= 0.6 is 22.9 Å². The van der Waals surface area contributed by atoms with Crippen molar-refractivity contribution in [3.8, 4) is 0 Å². The Balaban J connectivity index is 1.65. The highest BCUT2D eigenvalue weighted by Crippen LogP contribution is 2.31. The summed E-state index contributed by atoms with van der Waals surface area (Å²) in [5, 5.41) is 2.22. The summed E-state index contributed by atoms with van der Waals surface area (Å²) in [6.45, 7) is 4.17. The van der Waals surface area contributed by atoms with Gasteiger partial charge in [-0.25, -0.2) is 13.3 Å². The lowest BCUT2D eigenvalue weighted by Gasteiger charge is -2.26. The third-order valence-electron chi connectivity index (χ3n) is 5.86. The van der Waals surface area contributed by atoms with Crippen molar-refractivity contribution in [3.63, 3.8) is 0 Å². The number of carbonyl (C=O) groups is 2. The highest BCUT2D eigenvalue weighted by atomic mass is 35.5. The second kappa shape index (κ2) is 10.00. The number of hydrogen-bond donors (Lipinski definition) is 0. The Kier molecular flexibility index (Phi) is 7.23. The molecule has 0 N–H and O–H groups in total. The first-order valence-electron chi connectivity index (χ1n) is 10.9. The van der Waals surface area contributed by atoms with Gasteiger partial charge in [0.1, 0.15) is 10.3 Å². The van der Waals surface area contributed by atoms with E-state index in [2.05, 4.69) is 13.8 Å². The number of nitrogens with zero attached hydrogens (tertiary/aromatic N) is 2. The fourth-order valence-electron chi connectivity index (χ4n) is 4.02. The molecule has 34 heavy (non-hydrogen) atoms. The fourth-order valence-corrected chi connectivity index (χ4v) is 6.94. The topological polar surface area (TPSA) is 74.8 Å². The molecular weight excluding hydrogens is 492 g/mol. The maximum absolute atomic E-state index is 13.5. The molecule has 1 saturated heterocycles. The van der Waals surface area contributed by atoms with Crippen LogP contribution in [0.25, 0.3) is 0 Å². The van der Waals surface area contributed by atoms with Crippen molar-refractivity contribution < 1.29 is 18.0 Å². The Hall–Kier alpha value is -2.52. The van der Waals surface area contributed by atoms with Crippen molar-refractivity contribution in [3.05, 3.63) is 82.2 Å². The Bertz CT molecular complexity index is 1290. The molecule has 0 bridgehead atoms. The van der Waals surface area contributed by atoms with Gasteiger partial charge >= 0.3 is 0 Å². The number of halogens is 1. The molecule has 178 valence electrons. The molecule has 1 aliphatic rings. The average molecular weight is 517 g/mol. The summed E-state index contributed by atoms with van der Waals surface area (Å²) >= 11 is 7.17. The van der Waals surface area contributed by atoms with Crippen molar-refractivity contribution >= 4 is 50.5 Å². The van der Waals surface area contributed by atoms with Crippen molar-refractivity contribution in [2.75, 3.05) is 11.4 Å². The van der Waals surface area contributed by atoms with Crippen LogP contribution < -0.4 is 4.90 Å². The van der Waals surface area contributed by atoms with E-state index in [-0.39, 0.29) is 17.2 Å². The zero-order valence-electron chi connectivity index (χ0n) is 18.8. The number of benzene rings is 2. The van der Waals surface area contributed by atoms with Gasteiger partial charge in [-0.1, -0.05) is 55.8 Å². The van der Waals surface area contributed by atoms with Gasteiger partial charge in [0.25, 0.3) is 15.9 Å². The van der Waals surface area contributed by atoms with Crippen LogP contribution in [-0.2, 0) is 26.0 Å². The molecule has 1 aromatic heterocycles. The third-order valence-corrected chi connectivity index (χ3v) is 9.37. The molecule has 0 aliphatic carbocycles. The van der Waals surface area contributed by atoms with Gasteiger partial charge in [0, 0.05) is 11.6 Å². The number of thiophene rings is 1. The molecule has 2 amide bonds. The number of amides is 2. The van der Waals surface area contributed by atoms with E-state index in [4.69, 9.17) is 11.6 Å². The van der Waals surface area contributed by atoms with Crippen LogP contribution in [0.4, 0.5) is 5.69 Å². The van der Waals surface area contributed by atoms with Gasteiger partial charge in [0.15, 0.2) is 0 Å². The van der Waals surface area contributed by atoms with E-state index in [1.807, 2.05) is 18.2 Å². The minimum absolute atomic E-state index is 0.0460. The first kappa shape index (κ1) is 24.6. The first-order valence-corrected chi connectivity index (χ1v) is 13.6. The standard InChI is InChI=1S/C25H25ClN2O4S2/c1-17(2)19-8-10-21(11-9-19)28-23(29)16-22(25(28)30)27(34(31,32)24-7-4-14-33-24)13-12-18-5-3-6-20(26)15-18/h3-11,14-15,17,22H,12-13,16H2,1-2H3. The molecule has 1 aliphatic heterocycles. The molecule has 1 unspecified atom stereocenters. The molecule has 1 fully saturated rings. The minimum atomic E-state index is -3.98. The average Bonchev–Trinajstić information content (AvgIpc) is 3.43. The SMILES string of the molecule is CC(C)c1ccc(N2C(=O)CC(N(CCc3cccc(Cl)c3)S(=O)(=O)c3cccs3)C2=O)cc1. The monoisotopic (exact) mass is 516 g/mol. The van der Waals surface area contributed by atoms with E-state index in [0.717, 1.165) is 27.4 Å². The molecule has 0 radical (unpaired) electrons. The maximum Gasteiger partial charge on any atom is 0.253 e. The lowest BCUT2D eigenvalue weighted by Crippen LogP contribution is -2.46. The zero-order valence-corrected chi connectivity index (χ0v) is 21.2. The van der Waals surface area contributed by atoms with E-state index < -0.39 is 27.9 Å². The molecule has 9 heteroatoms. The molecule has 0 saturated carbocycles. The summed E-state index contributed by atoms with van der Waals surface area (Å²) in [6.07, 6.45) is 0.150. The summed E-state index contributed by atoms with van der Waals surface area (Å²) in [5.74, 6) is -0.639. The number of hydrogen-bond acceptors (Lipinski definition) is 5. The molecule has 6 nitrogen and oxygen atoms in total. The second-order valence-corrected chi connectivity index (χ2v) is 12.0. The summed E-state index contributed by atoms with van der Waals surface area (Å²) < 4.78 is 28.3. The van der Waals surface area contributed by atoms with Crippen LogP contribution in [0.2, 0.25) is 5.02 Å². The van der Waals surface area contributed by atoms with Crippen molar-refractivity contribution in [2.24, 2.45) is 0 Å². The smallest absolute Gasteiger partial charge is 0.253 e. The summed E-state index contributed by atoms with van der Waals surface area (Å²) in [4.78, 5) is 27.5. The minimum Gasteiger partial charge on any atom is -0.274 e. The number of anilines is 1. The van der Waals surface area contributed by atoms with E-state index in [1.54, 1.807) is 41.8 Å². The normalized spacial score (nSPS) is 16.7. The van der Waals surface area contributed by atoms with Gasteiger partial charge in [-0.05, 0) is 59.2 Å². The number of sulfonamides is 1. The largest absolute Gasteiger partial charge is 0.274 e. The predicted octanol–water partition coefficient (Wildman–Crippen LogP) is 5.09. The van der Waals surface area contributed by atoms with Crippen LogP contribution in [0.3, 0.4) is 0 Å². The number of rotatable bonds is 8. The molecule has 3 aromatic rings. The third kappa shape index (κ3) is 4.95. The van der Waals surface area contributed by atoms with Crippen LogP contribution in [0.15, 0.2) is 70.3 Å². The molecule has 4 rings (SSSR count). The van der Waals surface area contributed by atoms with Gasteiger partial charge in [-0.15, -0.1) is 11.3 Å². The second-order valence-electron chi connectivity index (χ2n) is 8.46. The summed E-state index contributed by atoms with van der Waals surface area (Å²) in [7, 11) is -3.98.